The van der Waals surface area contributed by atoms with Crippen LogP contribution in [-0.2, 0) is 0 Å². The second-order valence-electron chi connectivity index (χ2n) is 3.38. The first kappa shape index (κ1) is 9.48. The van der Waals surface area contributed by atoms with Crippen LogP contribution in [0, 0.1) is 12.3 Å². The summed E-state index contributed by atoms with van der Waals surface area (Å²) in [6.07, 6.45) is 15.3. The maximum absolute atomic E-state index is 5.41. The van der Waals surface area contributed by atoms with E-state index < -0.39 is 0 Å². The minimum atomic E-state index is 0.637. The average molecular weight is 221 g/mol. The molecule has 0 aromatic carbocycles. The van der Waals surface area contributed by atoms with Crippen molar-refractivity contribution in [2.24, 2.45) is 0 Å². The van der Waals surface area contributed by atoms with Gasteiger partial charge in [0.25, 0.3) is 0 Å². The van der Waals surface area contributed by atoms with E-state index in [-0.39, 0.29) is 0 Å². The third-order valence-corrected chi connectivity index (χ3v) is 2.42. The van der Waals surface area contributed by atoms with Crippen molar-refractivity contribution in [1.29, 1.82) is 0 Å². The van der Waals surface area contributed by atoms with E-state index in [9.17, 15) is 0 Å². The van der Waals surface area contributed by atoms with Crippen molar-refractivity contribution in [2.75, 3.05) is 0 Å². The fraction of sp³-hybridized carbons (Fsp3) is 0. The molecule has 0 N–H and O–H groups in total. The number of aromatic nitrogens is 5. The molecule has 0 radical (unpaired) electrons. The highest BCUT2D eigenvalue weighted by molar-refractivity contribution is 5.84. The second-order valence-corrected chi connectivity index (χ2v) is 3.38. The molecule has 0 unspecified atom stereocenters. The fourth-order valence-electron chi connectivity index (χ4n) is 1.64. The first-order valence-corrected chi connectivity index (χ1v) is 4.95. The molecule has 0 aliphatic heterocycles. The van der Waals surface area contributed by atoms with Crippen molar-refractivity contribution < 1.29 is 0 Å². The zero-order valence-electron chi connectivity index (χ0n) is 8.78. The summed E-state index contributed by atoms with van der Waals surface area (Å²) in [6, 6.07) is 0. The van der Waals surface area contributed by atoms with Gasteiger partial charge in [-0.2, -0.15) is 5.10 Å². The number of fused-ring (bicyclic) bond motifs is 1. The van der Waals surface area contributed by atoms with Gasteiger partial charge in [-0.15, -0.1) is 6.42 Å². The number of terminal acetylenes is 1. The Labute approximate surface area is 97.2 Å². The minimum Gasteiger partial charge on any atom is -0.261 e. The van der Waals surface area contributed by atoms with Crippen LogP contribution in [0.15, 0.2) is 37.2 Å². The van der Waals surface area contributed by atoms with Crippen molar-refractivity contribution in [3.63, 3.8) is 0 Å². The van der Waals surface area contributed by atoms with Crippen LogP contribution in [0.1, 0.15) is 5.56 Å². The van der Waals surface area contributed by atoms with E-state index in [1.165, 1.54) is 0 Å². The molecule has 0 saturated heterocycles. The summed E-state index contributed by atoms with van der Waals surface area (Å²) in [7, 11) is 0. The summed E-state index contributed by atoms with van der Waals surface area (Å²) in [5, 5.41) is 5.14. The maximum atomic E-state index is 5.41. The van der Waals surface area contributed by atoms with E-state index in [1.807, 2.05) is 0 Å². The first-order valence-electron chi connectivity index (χ1n) is 4.95. The molecule has 3 rings (SSSR count). The lowest BCUT2D eigenvalue weighted by Crippen LogP contribution is -1.99. The Bertz CT molecular complexity index is 709. The van der Waals surface area contributed by atoms with Gasteiger partial charge in [0.2, 0.25) is 0 Å². The highest BCUT2D eigenvalue weighted by atomic mass is 15.3. The molecule has 3 aromatic heterocycles. The summed E-state index contributed by atoms with van der Waals surface area (Å²) in [6.45, 7) is 0. The van der Waals surface area contributed by atoms with E-state index >= 15 is 0 Å². The summed E-state index contributed by atoms with van der Waals surface area (Å²) < 4.78 is 1.66. The molecular formula is C12H7N5. The van der Waals surface area contributed by atoms with Gasteiger partial charge in [0.15, 0.2) is 5.82 Å². The number of rotatable bonds is 1. The number of nitrogens with zero attached hydrogens (tertiary/aromatic N) is 5. The van der Waals surface area contributed by atoms with Gasteiger partial charge >= 0.3 is 0 Å². The van der Waals surface area contributed by atoms with E-state index in [1.54, 1.807) is 41.9 Å². The fourth-order valence-corrected chi connectivity index (χ4v) is 1.64. The van der Waals surface area contributed by atoms with E-state index in [0.717, 1.165) is 16.5 Å². The normalized spacial score (nSPS) is 10.3. The third kappa shape index (κ3) is 1.43. The molecule has 5 heteroatoms. The molecule has 0 saturated carbocycles. The molecule has 5 nitrogen and oxygen atoms in total. The lowest BCUT2D eigenvalue weighted by molar-refractivity contribution is 0.862. The molecule has 17 heavy (non-hydrogen) atoms. The third-order valence-electron chi connectivity index (χ3n) is 2.42. The number of hydrogen-bond donors (Lipinski definition) is 0. The van der Waals surface area contributed by atoms with Crippen LogP contribution < -0.4 is 0 Å². The van der Waals surface area contributed by atoms with E-state index in [4.69, 9.17) is 6.42 Å². The van der Waals surface area contributed by atoms with Crippen LogP contribution in [0.25, 0.3) is 16.7 Å². The highest BCUT2D eigenvalue weighted by Gasteiger charge is 2.08. The maximum Gasteiger partial charge on any atom is 0.172 e. The quantitative estimate of drug-likeness (QED) is 0.579. The molecule has 0 amide bonds. The van der Waals surface area contributed by atoms with Gasteiger partial charge in [0, 0.05) is 24.0 Å². The molecular weight excluding hydrogens is 214 g/mol. The summed E-state index contributed by atoms with van der Waals surface area (Å²) in [5.41, 5.74) is 1.54. The van der Waals surface area contributed by atoms with Crippen molar-refractivity contribution >= 4 is 10.9 Å². The highest BCUT2D eigenvalue weighted by Crippen LogP contribution is 2.18. The van der Waals surface area contributed by atoms with Crippen molar-refractivity contribution in [2.45, 2.75) is 0 Å². The summed E-state index contributed by atoms with van der Waals surface area (Å²) in [4.78, 5) is 12.3. The number of hydrogen-bond acceptors (Lipinski definition) is 4. The molecule has 0 fully saturated rings. The molecule has 0 bridgehead atoms. The van der Waals surface area contributed by atoms with E-state index in [2.05, 4.69) is 26.0 Å². The average Bonchev–Trinajstić information content (AvgIpc) is 2.83. The van der Waals surface area contributed by atoms with Crippen LogP contribution in [-0.4, -0.2) is 24.7 Å². The van der Waals surface area contributed by atoms with Crippen molar-refractivity contribution in [3.8, 4) is 18.2 Å². The van der Waals surface area contributed by atoms with Gasteiger partial charge in [0.1, 0.15) is 0 Å². The van der Waals surface area contributed by atoms with Crippen LogP contribution in [0.5, 0.6) is 0 Å². The molecule has 0 aliphatic carbocycles. The molecule has 80 valence electrons. The zero-order chi connectivity index (χ0) is 11.7. The van der Waals surface area contributed by atoms with Crippen molar-refractivity contribution in [3.05, 3.63) is 42.7 Å². The molecule has 0 atom stereocenters. The zero-order valence-corrected chi connectivity index (χ0v) is 8.78. The lowest BCUT2D eigenvalue weighted by atomic mass is 10.2. The Hall–Kier alpha value is -2.74. The second kappa shape index (κ2) is 3.68. The van der Waals surface area contributed by atoms with E-state index in [0.29, 0.717) is 5.82 Å². The summed E-state index contributed by atoms with van der Waals surface area (Å²) >= 11 is 0. The van der Waals surface area contributed by atoms with Gasteiger partial charge in [-0.25, -0.2) is 9.67 Å². The Kier molecular flexibility index (Phi) is 2.06. The Morgan fingerprint density at radius 2 is 2.00 bits per heavy atom. The number of pyridine rings is 1. The molecule has 3 heterocycles. The Morgan fingerprint density at radius 3 is 2.76 bits per heavy atom. The lowest BCUT2D eigenvalue weighted by Gasteiger charge is -2.00. The van der Waals surface area contributed by atoms with Crippen LogP contribution in [0.4, 0.5) is 0 Å². The SMILES string of the molecule is C#Cc1cncc2c1cnn2-c1cnccn1. The topological polar surface area (TPSA) is 56.5 Å². The standard InChI is InChI=1S/C12H7N5/c1-2-9-5-14-7-11-10(9)6-16-17(11)12-8-13-3-4-15-12/h1,3-8H. The largest absolute Gasteiger partial charge is 0.261 e. The van der Waals surface area contributed by atoms with Crippen LogP contribution in [0.2, 0.25) is 0 Å². The monoisotopic (exact) mass is 221 g/mol. The Morgan fingerprint density at radius 1 is 1.06 bits per heavy atom. The van der Waals surface area contributed by atoms with Crippen molar-refractivity contribution in [1.82, 2.24) is 24.7 Å². The molecule has 0 aliphatic rings. The smallest absolute Gasteiger partial charge is 0.172 e. The van der Waals surface area contributed by atoms with Gasteiger partial charge < -0.3 is 0 Å². The predicted molar refractivity (Wildman–Crippen MR) is 62.4 cm³/mol. The minimum absolute atomic E-state index is 0.637. The van der Waals surface area contributed by atoms with Gasteiger partial charge in [-0.05, 0) is 0 Å². The van der Waals surface area contributed by atoms with Gasteiger partial charge in [-0.1, -0.05) is 5.92 Å². The van der Waals surface area contributed by atoms with Gasteiger partial charge in [0.05, 0.1) is 29.7 Å². The van der Waals surface area contributed by atoms with Gasteiger partial charge in [-0.3, -0.25) is 9.97 Å². The Balaban J connectivity index is 2.31. The first-order chi connectivity index (χ1) is 8.40. The van der Waals surface area contributed by atoms with Crippen LogP contribution >= 0.6 is 0 Å². The summed E-state index contributed by atoms with van der Waals surface area (Å²) in [5.74, 6) is 3.22. The van der Waals surface area contributed by atoms with Crippen LogP contribution in [0.3, 0.4) is 0 Å². The predicted octanol–water partition coefficient (Wildman–Crippen LogP) is 1.19. The molecule has 0 spiro atoms. The molecule has 3 aromatic rings.